The van der Waals surface area contributed by atoms with Gasteiger partial charge in [-0.05, 0) is 6.07 Å². The molecule has 0 aromatic carbocycles. The predicted molar refractivity (Wildman–Crippen MR) is 50.4 cm³/mol. The fraction of sp³-hybridized carbons (Fsp3) is 0.444. The van der Waals surface area contributed by atoms with Crippen molar-refractivity contribution >= 4 is 6.09 Å². The molecule has 1 amide bonds. The number of rotatable bonds is 3. The van der Waals surface area contributed by atoms with E-state index in [0.717, 1.165) is 0 Å². The van der Waals surface area contributed by atoms with Gasteiger partial charge in [0.1, 0.15) is 6.61 Å². The lowest BCUT2D eigenvalue weighted by atomic mass is 10.1. The van der Waals surface area contributed by atoms with E-state index < -0.39 is 0 Å². The van der Waals surface area contributed by atoms with Gasteiger partial charge in [0.2, 0.25) is 0 Å². The van der Waals surface area contributed by atoms with E-state index in [0.29, 0.717) is 25.8 Å². The van der Waals surface area contributed by atoms with E-state index in [1.54, 1.807) is 18.5 Å². The lowest BCUT2D eigenvalue weighted by Gasteiger charge is -2.22. The van der Waals surface area contributed by atoms with E-state index in [1.807, 2.05) is 0 Å². The molecular weight excluding hydrogens is 198 g/mol. The van der Waals surface area contributed by atoms with Gasteiger partial charge in [0.25, 0.3) is 0 Å². The molecule has 1 aromatic rings. The summed E-state index contributed by atoms with van der Waals surface area (Å²) in [5.74, 6) is 0.145. The molecule has 0 bridgehead atoms. The maximum absolute atomic E-state index is 10.7. The largest absolute Gasteiger partial charge is 0.463 e. The molecule has 6 heteroatoms. The summed E-state index contributed by atoms with van der Waals surface area (Å²) in [5, 5.41) is 2.59. The third-order valence-electron chi connectivity index (χ3n) is 1.98. The Balaban J connectivity index is 1.77. The van der Waals surface area contributed by atoms with Crippen LogP contribution in [-0.4, -0.2) is 35.8 Å². The summed E-state index contributed by atoms with van der Waals surface area (Å²) in [4.78, 5) is 18.5. The maximum Gasteiger partial charge on any atom is 0.407 e. The molecule has 1 atom stereocenters. The first-order valence-electron chi connectivity index (χ1n) is 4.65. The Bertz CT molecular complexity index is 321. The normalized spacial score (nSPS) is 20.3. The summed E-state index contributed by atoms with van der Waals surface area (Å²) >= 11 is 0. The van der Waals surface area contributed by atoms with E-state index in [2.05, 4.69) is 15.3 Å². The topological polar surface area (TPSA) is 73.3 Å². The smallest absolute Gasteiger partial charge is 0.407 e. The number of amides is 1. The molecule has 0 spiro atoms. The fourth-order valence-corrected chi connectivity index (χ4v) is 1.19. The van der Waals surface area contributed by atoms with Gasteiger partial charge in [-0.3, -0.25) is 0 Å². The summed E-state index contributed by atoms with van der Waals surface area (Å²) in [6.07, 6.45) is 2.85. The maximum atomic E-state index is 10.7. The number of hydrogen-bond acceptors (Lipinski definition) is 5. The van der Waals surface area contributed by atoms with Crippen LogP contribution in [0.5, 0.6) is 6.01 Å². The van der Waals surface area contributed by atoms with E-state index in [-0.39, 0.29) is 12.0 Å². The van der Waals surface area contributed by atoms with Crippen LogP contribution >= 0.6 is 0 Å². The van der Waals surface area contributed by atoms with Gasteiger partial charge in [-0.15, -0.1) is 0 Å². The molecule has 1 unspecified atom stereocenters. The van der Waals surface area contributed by atoms with Crippen molar-refractivity contribution in [2.75, 3.05) is 19.8 Å². The summed E-state index contributed by atoms with van der Waals surface area (Å²) in [6.45, 7) is 1.37. The average Bonchev–Trinajstić information content (AvgIpc) is 2.30. The molecule has 1 N–H and O–H groups in total. The van der Waals surface area contributed by atoms with Crippen LogP contribution in [0, 0.1) is 5.92 Å². The third kappa shape index (κ3) is 2.80. The average molecular weight is 209 g/mol. The summed E-state index contributed by atoms with van der Waals surface area (Å²) in [5.41, 5.74) is 0. The van der Waals surface area contributed by atoms with Crippen LogP contribution in [-0.2, 0) is 4.74 Å². The van der Waals surface area contributed by atoms with Crippen LogP contribution in [0.1, 0.15) is 0 Å². The van der Waals surface area contributed by atoms with Gasteiger partial charge in [0, 0.05) is 24.9 Å². The molecule has 0 saturated carbocycles. The number of ether oxygens (including phenoxy) is 2. The number of carbonyl (C=O) groups is 1. The number of aromatic nitrogens is 2. The molecule has 1 aliphatic rings. The third-order valence-corrected chi connectivity index (χ3v) is 1.98. The zero-order valence-corrected chi connectivity index (χ0v) is 8.05. The Morgan fingerprint density at radius 3 is 3.00 bits per heavy atom. The van der Waals surface area contributed by atoms with Crippen molar-refractivity contribution in [2.45, 2.75) is 0 Å². The van der Waals surface area contributed by atoms with Gasteiger partial charge in [0.05, 0.1) is 6.61 Å². The number of carbonyl (C=O) groups excluding carboxylic acids is 1. The Hall–Kier alpha value is -1.85. The molecular formula is C9H11N3O3. The minimum atomic E-state index is -0.373. The van der Waals surface area contributed by atoms with Crippen molar-refractivity contribution in [3.05, 3.63) is 18.5 Å². The summed E-state index contributed by atoms with van der Waals surface area (Å²) in [6, 6.07) is 2.06. The van der Waals surface area contributed by atoms with Gasteiger partial charge in [-0.1, -0.05) is 0 Å². The number of hydrogen-bond donors (Lipinski definition) is 1. The van der Waals surface area contributed by atoms with Crippen molar-refractivity contribution in [3.8, 4) is 6.01 Å². The van der Waals surface area contributed by atoms with Crippen molar-refractivity contribution < 1.29 is 14.3 Å². The van der Waals surface area contributed by atoms with E-state index >= 15 is 0 Å². The van der Waals surface area contributed by atoms with E-state index in [4.69, 9.17) is 9.47 Å². The van der Waals surface area contributed by atoms with E-state index in [1.165, 1.54) is 0 Å². The monoisotopic (exact) mass is 209 g/mol. The van der Waals surface area contributed by atoms with Gasteiger partial charge in [-0.25, -0.2) is 14.8 Å². The minimum Gasteiger partial charge on any atom is -0.463 e. The van der Waals surface area contributed by atoms with Crippen LogP contribution in [0.15, 0.2) is 18.5 Å². The molecule has 1 aromatic heterocycles. The quantitative estimate of drug-likeness (QED) is 0.770. The highest BCUT2D eigenvalue weighted by atomic mass is 16.6. The highest BCUT2D eigenvalue weighted by Crippen LogP contribution is 2.05. The molecule has 6 nitrogen and oxygen atoms in total. The zero-order valence-electron chi connectivity index (χ0n) is 8.05. The Morgan fingerprint density at radius 2 is 2.33 bits per heavy atom. The molecule has 1 aliphatic heterocycles. The molecule has 15 heavy (non-hydrogen) atoms. The molecule has 1 fully saturated rings. The standard InChI is InChI=1S/C9H11N3O3/c13-9-12-4-7(6-15-9)5-14-8-10-2-1-3-11-8/h1-3,7H,4-6H2,(H,12,13). The fourth-order valence-electron chi connectivity index (χ4n) is 1.19. The number of alkyl carbamates (subject to hydrolysis) is 1. The zero-order chi connectivity index (χ0) is 10.5. The molecule has 2 rings (SSSR count). The molecule has 0 aliphatic carbocycles. The van der Waals surface area contributed by atoms with Gasteiger partial charge < -0.3 is 14.8 Å². The first-order valence-corrected chi connectivity index (χ1v) is 4.65. The van der Waals surface area contributed by atoms with Gasteiger partial charge >= 0.3 is 12.1 Å². The van der Waals surface area contributed by atoms with Crippen LogP contribution in [0.2, 0.25) is 0 Å². The molecule has 1 saturated heterocycles. The van der Waals surface area contributed by atoms with Crippen LogP contribution in [0.3, 0.4) is 0 Å². The van der Waals surface area contributed by atoms with Crippen molar-refractivity contribution in [1.29, 1.82) is 0 Å². The van der Waals surface area contributed by atoms with Gasteiger partial charge in [0.15, 0.2) is 0 Å². The second-order valence-corrected chi connectivity index (χ2v) is 3.19. The Labute approximate surface area is 86.6 Å². The van der Waals surface area contributed by atoms with Crippen LogP contribution < -0.4 is 10.1 Å². The van der Waals surface area contributed by atoms with Crippen molar-refractivity contribution in [2.24, 2.45) is 5.92 Å². The highest BCUT2D eigenvalue weighted by Gasteiger charge is 2.19. The minimum absolute atomic E-state index is 0.145. The number of nitrogens with zero attached hydrogens (tertiary/aromatic N) is 2. The summed E-state index contributed by atoms with van der Waals surface area (Å²) in [7, 11) is 0. The second kappa shape index (κ2) is 4.59. The van der Waals surface area contributed by atoms with Crippen LogP contribution in [0.25, 0.3) is 0 Å². The Kier molecular flexibility index (Phi) is 2.96. The second-order valence-electron chi connectivity index (χ2n) is 3.19. The van der Waals surface area contributed by atoms with Crippen LogP contribution in [0.4, 0.5) is 4.79 Å². The lowest BCUT2D eigenvalue weighted by Crippen LogP contribution is -2.41. The number of nitrogens with one attached hydrogen (secondary N) is 1. The first-order chi connectivity index (χ1) is 7.34. The van der Waals surface area contributed by atoms with Gasteiger partial charge in [-0.2, -0.15) is 0 Å². The number of cyclic esters (lactones) is 1. The first kappa shape index (κ1) is 9.70. The highest BCUT2D eigenvalue weighted by molar-refractivity contribution is 5.67. The summed E-state index contributed by atoms with van der Waals surface area (Å²) < 4.78 is 10.1. The van der Waals surface area contributed by atoms with Crippen molar-refractivity contribution in [3.63, 3.8) is 0 Å². The van der Waals surface area contributed by atoms with E-state index in [9.17, 15) is 4.79 Å². The Morgan fingerprint density at radius 1 is 1.53 bits per heavy atom. The van der Waals surface area contributed by atoms with Crippen molar-refractivity contribution in [1.82, 2.24) is 15.3 Å². The predicted octanol–water partition coefficient (Wildman–Crippen LogP) is 0.211. The molecule has 0 radical (unpaired) electrons. The molecule has 80 valence electrons. The lowest BCUT2D eigenvalue weighted by molar-refractivity contribution is 0.0817. The SMILES string of the molecule is O=C1NCC(COc2ncccn2)CO1. The molecule has 2 heterocycles.